The molecule has 0 bridgehead atoms. The monoisotopic (exact) mass is 186 g/mol. The number of nitrogens with two attached hydrogens (primary N) is 1. The Labute approximate surface area is 78.7 Å². The Hall–Kier alpha value is -0.610. The van der Waals surface area contributed by atoms with Gasteiger partial charge in [-0.1, -0.05) is 6.92 Å². The molecule has 3 atom stereocenters. The average molecular weight is 186 g/mol. The van der Waals surface area contributed by atoms with E-state index in [9.17, 15) is 4.79 Å². The molecular weight excluding hydrogens is 168 g/mol. The summed E-state index contributed by atoms with van der Waals surface area (Å²) in [6, 6.07) is -0.488. The maximum atomic E-state index is 11.5. The fraction of sp³-hybridized carbons (Fsp3) is 0.889. The van der Waals surface area contributed by atoms with Crippen molar-refractivity contribution in [2.75, 3.05) is 13.2 Å². The fourth-order valence-corrected chi connectivity index (χ4v) is 1.82. The normalized spacial score (nSPS) is 30.6. The summed E-state index contributed by atoms with van der Waals surface area (Å²) in [5.74, 6) is 0.330. The van der Waals surface area contributed by atoms with Gasteiger partial charge in [0, 0.05) is 6.54 Å². The van der Waals surface area contributed by atoms with Crippen LogP contribution in [0.25, 0.3) is 0 Å². The number of carbonyl (C=O) groups excluding carboxylic acids is 1. The number of nitrogens with zero attached hydrogens (tertiary/aromatic N) is 1. The van der Waals surface area contributed by atoms with Crippen LogP contribution in [0.1, 0.15) is 20.3 Å². The van der Waals surface area contributed by atoms with Crippen LogP contribution in [-0.4, -0.2) is 41.1 Å². The number of aliphatic hydroxyl groups is 1. The standard InChI is InChI=1S/C9H18N2O2/c1-6-3-4-11(8(6)5-12)9(13)7(2)10/h6-8,12H,3-5,10H2,1-2H3/t6?,7-,8?/m1/s1. The van der Waals surface area contributed by atoms with E-state index in [1.807, 2.05) is 0 Å². The highest BCUT2D eigenvalue weighted by Crippen LogP contribution is 2.23. The highest BCUT2D eigenvalue weighted by molar-refractivity contribution is 5.81. The van der Waals surface area contributed by atoms with Crippen LogP contribution >= 0.6 is 0 Å². The predicted molar refractivity (Wildman–Crippen MR) is 50.0 cm³/mol. The van der Waals surface area contributed by atoms with Crippen molar-refractivity contribution >= 4 is 5.91 Å². The molecule has 1 aliphatic heterocycles. The number of likely N-dealkylation sites (tertiary alicyclic amines) is 1. The molecule has 0 aromatic rings. The summed E-state index contributed by atoms with van der Waals surface area (Å²) >= 11 is 0. The van der Waals surface area contributed by atoms with Crippen molar-refractivity contribution in [3.63, 3.8) is 0 Å². The van der Waals surface area contributed by atoms with E-state index >= 15 is 0 Å². The summed E-state index contributed by atoms with van der Waals surface area (Å²) in [6.07, 6.45) is 0.962. The van der Waals surface area contributed by atoms with E-state index in [-0.39, 0.29) is 18.6 Å². The minimum absolute atomic E-state index is 0.0292. The molecule has 0 aromatic heterocycles. The van der Waals surface area contributed by atoms with Gasteiger partial charge in [-0.2, -0.15) is 0 Å². The quantitative estimate of drug-likeness (QED) is 0.614. The molecule has 1 amide bonds. The first kappa shape index (κ1) is 10.5. The van der Waals surface area contributed by atoms with Crippen molar-refractivity contribution < 1.29 is 9.90 Å². The number of hydrogen-bond acceptors (Lipinski definition) is 3. The summed E-state index contributed by atoms with van der Waals surface area (Å²) in [5.41, 5.74) is 5.51. The van der Waals surface area contributed by atoms with Gasteiger partial charge in [-0.25, -0.2) is 0 Å². The van der Waals surface area contributed by atoms with Gasteiger partial charge in [-0.15, -0.1) is 0 Å². The molecule has 1 saturated heterocycles. The van der Waals surface area contributed by atoms with Gasteiger partial charge in [0.15, 0.2) is 0 Å². The van der Waals surface area contributed by atoms with Crippen LogP contribution in [0.5, 0.6) is 0 Å². The molecule has 4 heteroatoms. The van der Waals surface area contributed by atoms with Crippen molar-refractivity contribution in [2.45, 2.75) is 32.4 Å². The number of hydrogen-bond donors (Lipinski definition) is 2. The smallest absolute Gasteiger partial charge is 0.239 e. The van der Waals surface area contributed by atoms with E-state index in [2.05, 4.69) is 6.92 Å². The maximum absolute atomic E-state index is 11.5. The van der Waals surface area contributed by atoms with Crippen molar-refractivity contribution in [3.8, 4) is 0 Å². The second-order valence-corrected chi connectivity index (χ2v) is 3.84. The van der Waals surface area contributed by atoms with Crippen molar-refractivity contribution in [2.24, 2.45) is 11.7 Å². The van der Waals surface area contributed by atoms with E-state index in [1.54, 1.807) is 11.8 Å². The Morgan fingerprint density at radius 1 is 1.77 bits per heavy atom. The Kier molecular flexibility index (Phi) is 3.27. The average Bonchev–Trinajstić information content (AvgIpc) is 2.45. The summed E-state index contributed by atoms with van der Waals surface area (Å²) < 4.78 is 0. The molecule has 1 heterocycles. The van der Waals surface area contributed by atoms with Crippen LogP contribution in [0.4, 0.5) is 0 Å². The minimum atomic E-state index is -0.459. The number of carbonyl (C=O) groups is 1. The second-order valence-electron chi connectivity index (χ2n) is 3.84. The molecule has 4 nitrogen and oxygen atoms in total. The third kappa shape index (κ3) is 2.00. The molecule has 0 aliphatic carbocycles. The first-order valence-corrected chi connectivity index (χ1v) is 4.74. The van der Waals surface area contributed by atoms with E-state index in [0.29, 0.717) is 5.92 Å². The van der Waals surface area contributed by atoms with Gasteiger partial charge in [0.05, 0.1) is 18.7 Å². The van der Waals surface area contributed by atoms with Gasteiger partial charge < -0.3 is 15.7 Å². The summed E-state index contributed by atoms with van der Waals surface area (Å²) in [5, 5.41) is 9.10. The Morgan fingerprint density at radius 3 is 2.85 bits per heavy atom. The zero-order valence-corrected chi connectivity index (χ0v) is 8.23. The SMILES string of the molecule is CC1CCN(C(=O)[C@@H](C)N)C1CO. The van der Waals surface area contributed by atoms with Gasteiger partial charge in [-0.3, -0.25) is 4.79 Å². The summed E-state index contributed by atoms with van der Waals surface area (Å²) in [7, 11) is 0. The zero-order valence-electron chi connectivity index (χ0n) is 8.23. The third-order valence-corrected chi connectivity index (χ3v) is 2.74. The van der Waals surface area contributed by atoms with Gasteiger partial charge in [-0.05, 0) is 19.3 Å². The van der Waals surface area contributed by atoms with Crippen molar-refractivity contribution in [1.29, 1.82) is 0 Å². The third-order valence-electron chi connectivity index (χ3n) is 2.74. The van der Waals surface area contributed by atoms with Crippen LogP contribution in [-0.2, 0) is 4.79 Å². The fourth-order valence-electron chi connectivity index (χ4n) is 1.82. The molecule has 2 unspecified atom stereocenters. The topological polar surface area (TPSA) is 66.6 Å². The number of amides is 1. The summed E-state index contributed by atoms with van der Waals surface area (Å²) in [4.78, 5) is 13.3. The van der Waals surface area contributed by atoms with Crippen LogP contribution in [0.2, 0.25) is 0 Å². The highest BCUT2D eigenvalue weighted by Gasteiger charge is 2.34. The predicted octanol–water partition coefficient (Wildman–Crippen LogP) is -0.437. The maximum Gasteiger partial charge on any atom is 0.239 e. The lowest BCUT2D eigenvalue weighted by atomic mass is 10.0. The van der Waals surface area contributed by atoms with Crippen LogP contribution < -0.4 is 5.73 Å². The van der Waals surface area contributed by atoms with E-state index < -0.39 is 6.04 Å². The van der Waals surface area contributed by atoms with Gasteiger partial charge in [0.2, 0.25) is 5.91 Å². The highest BCUT2D eigenvalue weighted by atomic mass is 16.3. The number of rotatable bonds is 2. The largest absolute Gasteiger partial charge is 0.394 e. The van der Waals surface area contributed by atoms with Crippen LogP contribution in [0, 0.1) is 5.92 Å². The van der Waals surface area contributed by atoms with Crippen LogP contribution in [0.15, 0.2) is 0 Å². The van der Waals surface area contributed by atoms with E-state index in [0.717, 1.165) is 13.0 Å². The Morgan fingerprint density at radius 2 is 2.38 bits per heavy atom. The molecule has 0 saturated carbocycles. The molecular formula is C9H18N2O2. The van der Waals surface area contributed by atoms with Gasteiger partial charge >= 0.3 is 0 Å². The Bertz CT molecular complexity index is 194. The molecule has 1 rings (SSSR count). The lowest BCUT2D eigenvalue weighted by molar-refractivity contribution is -0.134. The van der Waals surface area contributed by atoms with Gasteiger partial charge in [0.25, 0.3) is 0 Å². The molecule has 1 fully saturated rings. The Balaban J connectivity index is 2.65. The van der Waals surface area contributed by atoms with Crippen LogP contribution in [0.3, 0.4) is 0 Å². The molecule has 1 aliphatic rings. The molecule has 0 radical (unpaired) electrons. The minimum Gasteiger partial charge on any atom is -0.394 e. The van der Waals surface area contributed by atoms with Gasteiger partial charge in [0.1, 0.15) is 0 Å². The first-order chi connectivity index (χ1) is 6.07. The van der Waals surface area contributed by atoms with E-state index in [1.165, 1.54) is 0 Å². The van der Waals surface area contributed by atoms with E-state index in [4.69, 9.17) is 10.8 Å². The zero-order chi connectivity index (χ0) is 10.0. The molecule has 13 heavy (non-hydrogen) atoms. The second kappa shape index (κ2) is 4.07. The molecule has 3 N–H and O–H groups in total. The summed E-state index contributed by atoms with van der Waals surface area (Å²) in [6.45, 7) is 4.50. The lowest BCUT2D eigenvalue weighted by Crippen LogP contribution is -2.46. The molecule has 0 spiro atoms. The molecule has 0 aromatic carbocycles. The first-order valence-electron chi connectivity index (χ1n) is 4.74. The number of aliphatic hydroxyl groups excluding tert-OH is 1. The van der Waals surface area contributed by atoms with Crippen molar-refractivity contribution in [1.82, 2.24) is 4.90 Å². The lowest BCUT2D eigenvalue weighted by Gasteiger charge is -2.26. The molecule has 76 valence electrons. The van der Waals surface area contributed by atoms with Crippen molar-refractivity contribution in [3.05, 3.63) is 0 Å².